The number of halogens is 3. The van der Waals surface area contributed by atoms with E-state index in [0.29, 0.717) is 24.2 Å². The van der Waals surface area contributed by atoms with Crippen LogP contribution < -0.4 is 0 Å². The SMILES string of the molecule is O=C(O)C(Cl)(Br)CCCSCc1ccccc1F. The molecule has 1 atom stereocenters. The molecule has 0 saturated heterocycles. The molecule has 0 spiro atoms. The number of aliphatic carboxylic acids is 1. The number of hydrogen-bond donors (Lipinski definition) is 1. The highest BCUT2D eigenvalue weighted by Crippen LogP contribution is 2.30. The van der Waals surface area contributed by atoms with Crippen molar-refractivity contribution in [2.45, 2.75) is 22.4 Å². The van der Waals surface area contributed by atoms with Gasteiger partial charge in [-0.2, -0.15) is 11.8 Å². The molecule has 6 heteroatoms. The Labute approximate surface area is 123 Å². The lowest BCUT2D eigenvalue weighted by atomic mass is 10.2. The highest BCUT2D eigenvalue weighted by Gasteiger charge is 2.31. The molecule has 1 aromatic carbocycles. The summed E-state index contributed by atoms with van der Waals surface area (Å²) in [5.41, 5.74) is 0.664. The van der Waals surface area contributed by atoms with Gasteiger partial charge in [-0.1, -0.05) is 45.7 Å². The number of rotatable bonds is 7. The molecule has 0 heterocycles. The van der Waals surface area contributed by atoms with Gasteiger partial charge in [-0.25, -0.2) is 9.18 Å². The van der Waals surface area contributed by atoms with Gasteiger partial charge in [0.05, 0.1) is 0 Å². The Kier molecular flexibility index (Phi) is 6.46. The van der Waals surface area contributed by atoms with Gasteiger partial charge in [0.25, 0.3) is 0 Å². The van der Waals surface area contributed by atoms with Crippen molar-refractivity contribution in [2.24, 2.45) is 0 Å². The number of thioether (sulfide) groups is 1. The second-order valence-corrected chi connectivity index (χ2v) is 7.32. The van der Waals surface area contributed by atoms with E-state index in [-0.39, 0.29) is 5.82 Å². The van der Waals surface area contributed by atoms with Gasteiger partial charge in [0.2, 0.25) is 0 Å². The van der Waals surface area contributed by atoms with Crippen LogP contribution in [-0.4, -0.2) is 20.6 Å². The van der Waals surface area contributed by atoms with Gasteiger partial charge in [0.15, 0.2) is 3.78 Å². The summed E-state index contributed by atoms with van der Waals surface area (Å²) in [6.07, 6.45) is 0.980. The van der Waals surface area contributed by atoms with Crippen LogP contribution in [0.3, 0.4) is 0 Å². The van der Waals surface area contributed by atoms with Crippen LogP contribution in [0.2, 0.25) is 0 Å². The number of carboxylic acids is 1. The van der Waals surface area contributed by atoms with E-state index in [0.717, 1.165) is 5.75 Å². The molecule has 0 aliphatic heterocycles. The standard InChI is InChI=1S/C12H13BrClFO2S/c13-12(14,11(16)17)6-3-7-18-8-9-4-1-2-5-10(9)15/h1-2,4-5H,3,6-8H2,(H,16,17). The summed E-state index contributed by atoms with van der Waals surface area (Å²) in [4.78, 5) is 10.7. The van der Waals surface area contributed by atoms with E-state index < -0.39 is 9.75 Å². The fraction of sp³-hybridized carbons (Fsp3) is 0.417. The van der Waals surface area contributed by atoms with E-state index >= 15 is 0 Å². The van der Waals surface area contributed by atoms with Crippen LogP contribution in [0.1, 0.15) is 18.4 Å². The number of carboxylic acid groups (broad SMARTS) is 1. The van der Waals surface area contributed by atoms with Crippen molar-refractivity contribution in [3.05, 3.63) is 35.6 Å². The Bertz CT molecular complexity index is 415. The summed E-state index contributed by atoms with van der Waals surface area (Å²) in [7, 11) is 0. The zero-order valence-corrected chi connectivity index (χ0v) is 12.7. The monoisotopic (exact) mass is 354 g/mol. The Morgan fingerprint density at radius 3 is 2.78 bits per heavy atom. The van der Waals surface area contributed by atoms with Crippen molar-refractivity contribution in [1.82, 2.24) is 0 Å². The fourth-order valence-electron chi connectivity index (χ4n) is 1.30. The van der Waals surface area contributed by atoms with Crippen LogP contribution in [0.25, 0.3) is 0 Å². The van der Waals surface area contributed by atoms with E-state index in [1.54, 1.807) is 30.0 Å². The van der Waals surface area contributed by atoms with E-state index in [2.05, 4.69) is 15.9 Å². The zero-order chi connectivity index (χ0) is 13.6. The summed E-state index contributed by atoms with van der Waals surface area (Å²) in [6, 6.07) is 6.63. The molecular formula is C12H13BrClFO2S. The van der Waals surface area contributed by atoms with Crippen LogP contribution in [0.5, 0.6) is 0 Å². The molecule has 1 N–H and O–H groups in total. The zero-order valence-electron chi connectivity index (χ0n) is 9.54. The van der Waals surface area contributed by atoms with E-state index in [4.69, 9.17) is 16.7 Å². The van der Waals surface area contributed by atoms with Gasteiger partial charge in [0, 0.05) is 5.75 Å². The summed E-state index contributed by atoms with van der Waals surface area (Å²) < 4.78 is 11.9. The number of carbonyl (C=O) groups is 1. The van der Waals surface area contributed by atoms with E-state index in [1.165, 1.54) is 6.07 Å². The normalized spacial score (nSPS) is 14.2. The molecule has 18 heavy (non-hydrogen) atoms. The van der Waals surface area contributed by atoms with Crippen molar-refractivity contribution >= 4 is 45.3 Å². The molecule has 0 radical (unpaired) electrons. The number of hydrogen-bond acceptors (Lipinski definition) is 2. The minimum absolute atomic E-state index is 0.206. The van der Waals surface area contributed by atoms with Gasteiger partial charge < -0.3 is 5.11 Å². The van der Waals surface area contributed by atoms with Crippen LogP contribution in [0.4, 0.5) is 4.39 Å². The first-order chi connectivity index (χ1) is 8.43. The van der Waals surface area contributed by atoms with Gasteiger partial charge in [-0.15, -0.1) is 0 Å². The first-order valence-electron chi connectivity index (χ1n) is 5.36. The summed E-state index contributed by atoms with van der Waals surface area (Å²) in [5.74, 6) is 0.0323. The fourth-order valence-corrected chi connectivity index (χ4v) is 2.66. The Balaban J connectivity index is 2.24. The van der Waals surface area contributed by atoms with Gasteiger partial charge in [-0.05, 0) is 30.2 Å². The highest BCUT2D eigenvalue weighted by atomic mass is 79.9. The van der Waals surface area contributed by atoms with Crippen molar-refractivity contribution in [3.63, 3.8) is 0 Å². The van der Waals surface area contributed by atoms with Crippen LogP contribution >= 0.6 is 39.3 Å². The average Bonchev–Trinajstić information content (AvgIpc) is 2.30. The first-order valence-corrected chi connectivity index (χ1v) is 7.68. The molecule has 0 amide bonds. The number of benzene rings is 1. The third kappa shape index (κ3) is 5.16. The summed E-state index contributed by atoms with van der Waals surface area (Å²) in [6.45, 7) is 0. The molecule has 2 nitrogen and oxygen atoms in total. The number of alkyl halides is 2. The average molecular weight is 356 g/mol. The smallest absolute Gasteiger partial charge is 0.335 e. The Morgan fingerprint density at radius 1 is 1.50 bits per heavy atom. The molecule has 0 aromatic heterocycles. The summed E-state index contributed by atoms with van der Waals surface area (Å²) >= 11 is 10.3. The van der Waals surface area contributed by atoms with Crippen molar-refractivity contribution < 1.29 is 14.3 Å². The molecule has 0 bridgehead atoms. The van der Waals surface area contributed by atoms with Crippen LogP contribution in [-0.2, 0) is 10.5 Å². The summed E-state index contributed by atoms with van der Waals surface area (Å²) in [5, 5.41) is 8.78. The lowest BCUT2D eigenvalue weighted by Gasteiger charge is -2.13. The predicted molar refractivity (Wildman–Crippen MR) is 76.9 cm³/mol. The highest BCUT2D eigenvalue weighted by molar-refractivity contribution is 9.10. The van der Waals surface area contributed by atoms with Crippen molar-refractivity contribution in [1.29, 1.82) is 0 Å². The maximum Gasteiger partial charge on any atom is 0.335 e. The Hall–Kier alpha value is -0.260. The Morgan fingerprint density at radius 2 is 2.17 bits per heavy atom. The quantitative estimate of drug-likeness (QED) is 0.587. The largest absolute Gasteiger partial charge is 0.479 e. The van der Waals surface area contributed by atoms with Crippen molar-refractivity contribution in [2.75, 3.05) is 5.75 Å². The van der Waals surface area contributed by atoms with E-state index in [9.17, 15) is 9.18 Å². The molecule has 0 aliphatic carbocycles. The molecule has 0 aliphatic rings. The van der Waals surface area contributed by atoms with Gasteiger partial charge in [0.1, 0.15) is 5.82 Å². The third-order valence-corrected chi connectivity index (χ3v) is 4.49. The molecule has 1 aromatic rings. The molecule has 0 fully saturated rings. The predicted octanol–water partition coefficient (Wildman–Crippen LogP) is 4.25. The maximum absolute atomic E-state index is 13.3. The first kappa shape index (κ1) is 15.8. The second kappa shape index (κ2) is 7.36. The second-order valence-electron chi connectivity index (χ2n) is 3.76. The molecule has 1 rings (SSSR count). The topological polar surface area (TPSA) is 37.3 Å². The molecular weight excluding hydrogens is 343 g/mol. The van der Waals surface area contributed by atoms with Crippen LogP contribution in [0.15, 0.2) is 24.3 Å². The van der Waals surface area contributed by atoms with Gasteiger partial charge >= 0.3 is 5.97 Å². The molecule has 100 valence electrons. The van der Waals surface area contributed by atoms with Crippen molar-refractivity contribution in [3.8, 4) is 0 Å². The third-order valence-electron chi connectivity index (χ3n) is 2.31. The van der Waals surface area contributed by atoms with Gasteiger partial charge in [-0.3, -0.25) is 0 Å². The minimum atomic E-state index is -1.38. The maximum atomic E-state index is 13.3. The minimum Gasteiger partial charge on any atom is -0.479 e. The lowest BCUT2D eigenvalue weighted by Crippen LogP contribution is -2.24. The molecule has 0 saturated carbocycles. The van der Waals surface area contributed by atoms with E-state index in [1.807, 2.05) is 0 Å². The molecule has 1 unspecified atom stereocenters. The lowest BCUT2D eigenvalue weighted by molar-refractivity contribution is -0.137. The van der Waals surface area contributed by atoms with Crippen LogP contribution in [0, 0.1) is 5.82 Å².